The molecule has 2 aromatic carbocycles. The first-order chi connectivity index (χ1) is 12.8. The number of nitrogens with zero attached hydrogens (tertiary/aromatic N) is 1. The molecule has 2 amide bonds. The maximum Gasteiger partial charge on any atom is 0.246 e. The van der Waals surface area contributed by atoms with Gasteiger partial charge >= 0.3 is 0 Å². The second kappa shape index (κ2) is 7.96. The molecule has 1 fully saturated rings. The van der Waals surface area contributed by atoms with E-state index in [0.717, 1.165) is 36.0 Å². The third kappa shape index (κ3) is 4.39. The molecule has 27 heavy (non-hydrogen) atoms. The first kappa shape index (κ1) is 19.2. The molecule has 0 aliphatic carbocycles. The van der Waals surface area contributed by atoms with Crippen molar-refractivity contribution in [1.82, 2.24) is 0 Å². The normalized spacial score (nSPS) is 15.0. The van der Waals surface area contributed by atoms with Crippen molar-refractivity contribution < 1.29 is 14.0 Å². The highest BCUT2D eigenvalue weighted by Gasteiger charge is 2.23. The summed E-state index contributed by atoms with van der Waals surface area (Å²) in [7, 11) is 0. The lowest BCUT2D eigenvalue weighted by atomic mass is 10.1. The molecular weight excluding hydrogens is 369 g/mol. The van der Waals surface area contributed by atoms with E-state index in [1.807, 2.05) is 25.1 Å². The third-order valence-electron chi connectivity index (χ3n) is 4.53. The smallest absolute Gasteiger partial charge is 0.246 e. The zero-order chi connectivity index (χ0) is 19.6. The van der Waals surface area contributed by atoms with Crippen molar-refractivity contribution in [2.45, 2.75) is 32.7 Å². The highest BCUT2D eigenvalue weighted by Crippen LogP contribution is 2.28. The molecule has 142 valence electrons. The average Bonchev–Trinajstić information content (AvgIpc) is 3.03. The second-order valence-corrected chi connectivity index (χ2v) is 7.04. The van der Waals surface area contributed by atoms with Crippen molar-refractivity contribution in [3.63, 3.8) is 0 Å². The van der Waals surface area contributed by atoms with E-state index in [-0.39, 0.29) is 16.8 Å². The van der Waals surface area contributed by atoms with Gasteiger partial charge in [0.15, 0.2) is 0 Å². The summed E-state index contributed by atoms with van der Waals surface area (Å²) in [5.41, 5.74) is 2.99. The maximum absolute atomic E-state index is 13.1. The zero-order valence-corrected chi connectivity index (χ0v) is 15.9. The number of halogens is 2. The Kier molecular flexibility index (Phi) is 5.65. The SMILES string of the molecule is Cc1cc(N[C@H](C)C(=O)Nc2ccc(F)cc2Cl)ccc1N1CCCC1=O. The number of anilines is 3. The monoisotopic (exact) mass is 389 g/mol. The molecule has 3 rings (SSSR count). The summed E-state index contributed by atoms with van der Waals surface area (Å²) < 4.78 is 13.1. The minimum absolute atomic E-state index is 0.141. The Morgan fingerprint density at radius 2 is 2.04 bits per heavy atom. The number of rotatable bonds is 5. The predicted molar refractivity (Wildman–Crippen MR) is 106 cm³/mol. The highest BCUT2D eigenvalue weighted by atomic mass is 35.5. The van der Waals surface area contributed by atoms with Crippen molar-refractivity contribution in [2.75, 3.05) is 22.1 Å². The van der Waals surface area contributed by atoms with Gasteiger partial charge in [-0.05, 0) is 62.2 Å². The molecule has 0 unspecified atom stereocenters. The Hall–Kier alpha value is -2.60. The van der Waals surface area contributed by atoms with Gasteiger partial charge in [0, 0.05) is 24.3 Å². The van der Waals surface area contributed by atoms with Crippen LogP contribution in [0.5, 0.6) is 0 Å². The predicted octanol–water partition coefficient (Wildman–Crippen LogP) is 4.35. The molecule has 5 nitrogen and oxygen atoms in total. The van der Waals surface area contributed by atoms with Gasteiger partial charge in [0.25, 0.3) is 0 Å². The summed E-state index contributed by atoms with van der Waals surface area (Å²) >= 11 is 5.94. The molecule has 1 aliphatic rings. The molecule has 2 N–H and O–H groups in total. The fraction of sp³-hybridized carbons (Fsp3) is 0.300. The van der Waals surface area contributed by atoms with Crippen molar-refractivity contribution in [1.29, 1.82) is 0 Å². The number of aryl methyl sites for hydroxylation is 1. The van der Waals surface area contributed by atoms with Crippen LogP contribution in [0.4, 0.5) is 21.5 Å². The first-order valence-electron chi connectivity index (χ1n) is 8.78. The van der Waals surface area contributed by atoms with Crippen LogP contribution in [-0.4, -0.2) is 24.4 Å². The minimum Gasteiger partial charge on any atom is -0.374 e. The molecule has 2 aromatic rings. The first-order valence-corrected chi connectivity index (χ1v) is 9.16. The molecular formula is C20H21ClFN3O2. The van der Waals surface area contributed by atoms with Crippen LogP contribution >= 0.6 is 11.6 Å². The summed E-state index contributed by atoms with van der Waals surface area (Å²) in [4.78, 5) is 26.1. The van der Waals surface area contributed by atoms with Gasteiger partial charge in [-0.2, -0.15) is 0 Å². The van der Waals surface area contributed by atoms with Crippen LogP contribution in [0.2, 0.25) is 5.02 Å². The molecule has 0 saturated carbocycles. The van der Waals surface area contributed by atoms with E-state index in [1.165, 1.54) is 12.1 Å². The van der Waals surface area contributed by atoms with Crippen molar-refractivity contribution in [3.8, 4) is 0 Å². The third-order valence-corrected chi connectivity index (χ3v) is 4.84. The van der Waals surface area contributed by atoms with Crippen LogP contribution in [0.15, 0.2) is 36.4 Å². The van der Waals surface area contributed by atoms with Gasteiger partial charge in [-0.15, -0.1) is 0 Å². The van der Waals surface area contributed by atoms with Crippen molar-refractivity contribution >= 4 is 40.5 Å². The van der Waals surface area contributed by atoms with Crippen LogP contribution < -0.4 is 15.5 Å². The molecule has 1 heterocycles. The van der Waals surface area contributed by atoms with Gasteiger partial charge in [0.05, 0.1) is 10.7 Å². The van der Waals surface area contributed by atoms with Gasteiger partial charge in [0.1, 0.15) is 11.9 Å². The van der Waals surface area contributed by atoms with Crippen LogP contribution in [0.1, 0.15) is 25.3 Å². The molecule has 1 atom stereocenters. The number of carbonyl (C=O) groups is 2. The molecule has 0 bridgehead atoms. The summed E-state index contributed by atoms with van der Waals surface area (Å²) in [6.45, 7) is 4.40. The Balaban J connectivity index is 1.66. The molecule has 7 heteroatoms. The summed E-state index contributed by atoms with van der Waals surface area (Å²) in [6, 6.07) is 8.93. The maximum atomic E-state index is 13.1. The van der Waals surface area contributed by atoms with Gasteiger partial charge in [-0.1, -0.05) is 11.6 Å². The lowest BCUT2D eigenvalue weighted by Gasteiger charge is -2.21. The quantitative estimate of drug-likeness (QED) is 0.799. The Bertz CT molecular complexity index is 888. The number of hydrogen-bond donors (Lipinski definition) is 2. The van der Waals surface area contributed by atoms with E-state index in [0.29, 0.717) is 12.1 Å². The van der Waals surface area contributed by atoms with Gasteiger partial charge < -0.3 is 15.5 Å². The fourth-order valence-corrected chi connectivity index (χ4v) is 3.31. The lowest BCUT2D eigenvalue weighted by molar-refractivity contribution is -0.117. The summed E-state index contributed by atoms with van der Waals surface area (Å²) in [5, 5.41) is 5.96. The standard InChI is InChI=1S/C20H21ClFN3O2/c1-12-10-15(6-8-18(12)25-9-3-4-19(25)26)23-13(2)20(27)24-17-7-5-14(22)11-16(17)21/h5-8,10-11,13,23H,3-4,9H2,1-2H3,(H,24,27)/t13-/m1/s1. The zero-order valence-electron chi connectivity index (χ0n) is 15.2. The molecule has 0 spiro atoms. The average molecular weight is 390 g/mol. The van der Waals surface area contributed by atoms with E-state index in [1.54, 1.807) is 11.8 Å². The molecule has 0 aromatic heterocycles. The van der Waals surface area contributed by atoms with E-state index < -0.39 is 11.9 Å². The lowest BCUT2D eigenvalue weighted by Crippen LogP contribution is -2.32. The highest BCUT2D eigenvalue weighted by molar-refractivity contribution is 6.33. The number of hydrogen-bond acceptors (Lipinski definition) is 3. The van der Waals surface area contributed by atoms with E-state index in [2.05, 4.69) is 10.6 Å². The van der Waals surface area contributed by atoms with Crippen LogP contribution in [0.25, 0.3) is 0 Å². The van der Waals surface area contributed by atoms with Crippen LogP contribution in [0.3, 0.4) is 0 Å². The van der Waals surface area contributed by atoms with E-state index in [4.69, 9.17) is 11.6 Å². The molecule has 1 aliphatic heterocycles. The second-order valence-electron chi connectivity index (χ2n) is 6.63. The topological polar surface area (TPSA) is 61.4 Å². The van der Waals surface area contributed by atoms with E-state index >= 15 is 0 Å². The Morgan fingerprint density at radius 3 is 2.67 bits per heavy atom. The van der Waals surface area contributed by atoms with E-state index in [9.17, 15) is 14.0 Å². The number of benzene rings is 2. The van der Waals surface area contributed by atoms with Gasteiger partial charge in [-0.3, -0.25) is 9.59 Å². The molecule has 0 radical (unpaired) electrons. The number of amides is 2. The summed E-state index contributed by atoms with van der Waals surface area (Å²) in [5.74, 6) is -0.612. The molecule has 1 saturated heterocycles. The van der Waals surface area contributed by atoms with Gasteiger partial charge in [0.2, 0.25) is 11.8 Å². The summed E-state index contributed by atoms with van der Waals surface area (Å²) in [6.07, 6.45) is 1.46. The van der Waals surface area contributed by atoms with Crippen LogP contribution in [0, 0.1) is 12.7 Å². The minimum atomic E-state index is -0.537. The largest absolute Gasteiger partial charge is 0.374 e. The van der Waals surface area contributed by atoms with Crippen molar-refractivity contribution in [2.24, 2.45) is 0 Å². The number of nitrogens with one attached hydrogen (secondary N) is 2. The van der Waals surface area contributed by atoms with Gasteiger partial charge in [-0.25, -0.2) is 4.39 Å². The Labute approximate surface area is 162 Å². The number of carbonyl (C=O) groups excluding carboxylic acids is 2. The fourth-order valence-electron chi connectivity index (χ4n) is 3.10. The van der Waals surface area contributed by atoms with Crippen molar-refractivity contribution in [3.05, 3.63) is 52.8 Å². The Morgan fingerprint density at radius 1 is 1.26 bits per heavy atom. The van der Waals surface area contributed by atoms with Crippen LogP contribution in [-0.2, 0) is 9.59 Å².